The highest BCUT2D eigenvalue weighted by Crippen LogP contribution is 2.37. The molecule has 0 spiro atoms. The van der Waals surface area contributed by atoms with Gasteiger partial charge in [0.15, 0.2) is 0 Å². The first-order valence-corrected chi connectivity index (χ1v) is 10.6. The molecule has 0 aliphatic heterocycles. The number of carbonyl (C=O) groups excluding carboxylic acids is 1. The minimum atomic E-state index is -4.37. The number of allylic oxidation sites excluding steroid dienone is 1. The number of nitrogens with one attached hydrogen (secondary N) is 2. The SMILES string of the molecule is CNNc1ccccc1F.Cc1cc(C)cc(C(/C=C/c2ccc(C=O)c(C)c2)C(F)(F)F)c1. The van der Waals surface area contributed by atoms with Crippen molar-refractivity contribution in [2.24, 2.45) is 0 Å². The number of halogens is 4. The van der Waals surface area contributed by atoms with E-state index in [9.17, 15) is 22.4 Å². The van der Waals surface area contributed by atoms with Crippen LogP contribution in [0.1, 0.15) is 44.1 Å². The van der Waals surface area contributed by atoms with Gasteiger partial charge < -0.3 is 5.43 Å². The highest BCUT2D eigenvalue weighted by molar-refractivity contribution is 5.78. The van der Waals surface area contributed by atoms with Crippen LogP contribution in [0.3, 0.4) is 0 Å². The summed E-state index contributed by atoms with van der Waals surface area (Å²) in [5, 5.41) is 0. The van der Waals surface area contributed by atoms with E-state index >= 15 is 0 Å². The first-order valence-electron chi connectivity index (χ1n) is 10.6. The zero-order valence-corrected chi connectivity index (χ0v) is 19.5. The van der Waals surface area contributed by atoms with Crippen molar-refractivity contribution in [3.63, 3.8) is 0 Å². The van der Waals surface area contributed by atoms with E-state index < -0.39 is 12.1 Å². The van der Waals surface area contributed by atoms with Crippen LogP contribution >= 0.6 is 0 Å². The van der Waals surface area contributed by atoms with E-state index in [-0.39, 0.29) is 11.4 Å². The predicted molar refractivity (Wildman–Crippen MR) is 129 cm³/mol. The summed E-state index contributed by atoms with van der Waals surface area (Å²) in [7, 11) is 1.69. The molecule has 3 rings (SSSR count). The first kappa shape index (κ1) is 26.8. The van der Waals surface area contributed by atoms with Gasteiger partial charge in [-0.3, -0.25) is 4.79 Å². The van der Waals surface area contributed by atoms with E-state index in [4.69, 9.17) is 0 Å². The van der Waals surface area contributed by atoms with Crippen molar-refractivity contribution in [3.05, 3.63) is 106 Å². The summed E-state index contributed by atoms with van der Waals surface area (Å²) in [4.78, 5) is 10.8. The number of rotatable bonds is 6. The van der Waals surface area contributed by atoms with Crippen LogP contribution in [0.15, 0.2) is 66.7 Å². The molecule has 3 aromatic carbocycles. The molecule has 2 N–H and O–H groups in total. The van der Waals surface area contributed by atoms with Crippen molar-refractivity contribution in [1.29, 1.82) is 0 Å². The molecule has 0 aliphatic rings. The standard InChI is InChI=1S/C20H19F3O.C7H9FN2/c1-13-8-14(2)10-18(9-13)19(20(21,22)23)7-5-16-4-6-17(12-24)15(3)11-16;1-9-10-7-5-3-2-4-6(7)8/h4-12,19H,1-3H3;2-5,9-10H,1H3/b7-5+;. The van der Waals surface area contributed by atoms with Crippen molar-refractivity contribution in [3.8, 4) is 0 Å². The van der Waals surface area contributed by atoms with Gasteiger partial charge in [0.1, 0.15) is 12.1 Å². The van der Waals surface area contributed by atoms with E-state index in [0.717, 1.165) is 23.0 Å². The predicted octanol–water partition coefficient (Wildman–Crippen LogP) is 7.16. The Morgan fingerprint density at radius 2 is 1.56 bits per heavy atom. The third kappa shape index (κ3) is 7.85. The monoisotopic (exact) mass is 472 g/mol. The van der Waals surface area contributed by atoms with Crippen LogP contribution in [-0.4, -0.2) is 19.5 Å². The molecule has 7 heteroatoms. The van der Waals surface area contributed by atoms with Gasteiger partial charge in [-0.2, -0.15) is 13.2 Å². The largest absolute Gasteiger partial charge is 0.399 e. The molecule has 0 amide bonds. The summed E-state index contributed by atoms with van der Waals surface area (Å²) < 4.78 is 53.1. The van der Waals surface area contributed by atoms with E-state index in [1.165, 1.54) is 18.2 Å². The van der Waals surface area contributed by atoms with E-state index in [1.54, 1.807) is 76.3 Å². The first-order chi connectivity index (χ1) is 16.0. The normalized spacial score (nSPS) is 12.1. The number of hydrogen-bond donors (Lipinski definition) is 2. The Morgan fingerprint density at radius 1 is 0.912 bits per heavy atom. The number of carbonyl (C=O) groups is 1. The molecule has 0 fully saturated rings. The Kier molecular flexibility index (Phi) is 9.57. The zero-order valence-electron chi connectivity index (χ0n) is 19.5. The maximum Gasteiger partial charge on any atom is 0.399 e. The van der Waals surface area contributed by atoms with Crippen LogP contribution in [0.5, 0.6) is 0 Å². The summed E-state index contributed by atoms with van der Waals surface area (Å²) >= 11 is 0. The molecular formula is C27H28F4N2O. The smallest absolute Gasteiger partial charge is 0.319 e. The van der Waals surface area contributed by atoms with Crippen molar-refractivity contribution >= 4 is 18.0 Å². The van der Waals surface area contributed by atoms with Gasteiger partial charge in [-0.1, -0.05) is 71.8 Å². The van der Waals surface area contributed by atoms with Crippen LogP contribution in [0.2, 0.25) is 0 Å². The number of benzene rings is 3. The number of anilines is 1. The minimum Gasteiger partial charge on any atom is -0.319 e. The molecule has 0 saturated carbocycles. The fourth-order valence-corrected chi connectivity index (χ4v) is 3.44. The van der Waals surface area contributed by atoms with E-state index in [2.05, 4.69) is 10.9 Å². The van der Waals surface area contributed by atoms with Crippen molar-refractivity contribution in [1.82, 2.24) is 5.43 Å². The Balaban J connectivity index is 0.000000340. The van der Waals surface area contributed by atoms with Gasteiger partial charge in [-0.15, -0.1) is 0 Å². The third-order valence-corrected chi connectivity index (χ3v) is 4.99. The van der Waals surface area contributed by atoms with Gasteiger partial charge in [-0.05, 0) is 49.6 Å². The lowest BCUT2D eigenvalue weighted by Crippen LogP contribution is -2.19. The van der Waals surface area contributed by atoms with Gasteiger partial charge in [0.25, 0.3) is 0 Å². The topological polar surface area (TPSA) is 41.1 Å². The Labute approximate surface area is 197 Å². The molecule has 3 nitrogen and oxygen atoms in total. The Bertz CT molecular complexity index is 1120. The molecule has 180 valence electrons. The Morgan fingerprint density at radius 3 is 2.09 bits per heavy atom. The van der Waals surface area contributed by atoms with Gasteiger partial charge in [0, 0.05) is 12.6 Å². The summed E-state index contributed by atoms with van der Waals surface area (Å²) in [5.74, 6) is -1.92. The molecule has 0 radical (unpaired) electrons. The molecule has 0 heterocycles. The van der Waals surface area contributed by atoms with Crippen LogP contribution < -0.4 is 10.9 Å². The maximum atomic E-state index is 13.5. The van der Waals surface area contributed by atoms with Crippen LogP contribution in [0.4, 0.5) is 23.2 Å². The molecule has 0 aliphatic carbocycles. The summed E-state index contributed by atoms with van der Waals surface area (Å²) in [6.07, 6.45) is -1.01. The lowest BCUT2D eigenvalue weighted by atomic mass is 9.93. The quantitative estimate of drug-likeness (QED) is 0.227. The number of aldehydes is 1. The van der Waals surface area contributed by atoms with E-state index in [1.807, 2.05) is 6.07 Å². The fraction of sp³-hybridized carbons (Fsp3) is 0.222. The molecule has 1 unspecified atom stereocenters. The third-order valence-electron chi connectivity index (χ3n) is 4.99. The number of para-hydroxylation sites is 1. The van der Waals surface area contributed by atoms with Gasteiger partial charge in [-0.25, -0.2) is 9.82 Å². The van der Waals surface area contributed by atoms with Gasteiger partial charge in [0.05, 0.1) is 11.6 Å². The second-order valence-corrected chi connectivity index (χ2v) is 7.89. The summed E-state index contributed by atoms with van der Waals surface area (Å²) in [5.41, 5.74) is 9.50. The van der Waals surface area contributed by atoms with Crippen molar-refractivity contribution < 1.29 is 22.4 Å². The number of aryl methyl sites for hydroxylation is 3. The van der Waals surface area contributed by atoms with E-state index in [0.29, 0.717) is 16.8 Å². The molecule has 0 saturated heterocycles. The summed E-state index contributed by atoms with van der Waals surface area (Å²) in [6.45, 7) is 5.33. The van der Waals surface area contributed by atoms with Gasteiger partial charge >= 0.3 is 6.18 Å². The van der Waals surface area contributed by atoms with Crippen molar-refractivity contribution in [2.45, 2.75) is 32.9 Å². The average molecular weight is 473 g/mol. The van der Waals surface area contributed by atoms with Crippen molar-refractivity contribution in [2.75, 3.05) is 12.5 Å². The van der Waals surface area contributed by atoms with Crippen LogP contribution in [-0.2, 0) is 0 Å². The molecule has 3 aromatic rings. The fourth-order valence-electron chi connectivity index (χ4n) is 3.44. The maximum absolute atomic E-state index is 13.5. The molecule has 1 atom stereocenters. The molecule has 34 heavy (non-hydrogen) atoms. The Hall–Kier alpha value is -3.45. The highest BCUT2D eigenvalue weighted by Gasteiger charge is 2.39. The van der Waals surface area contributed by atoms with Crippen LogP contribution in [0.25, 0.3) is 6.08 Å². The summed E-state index contributed by atoms with van der Waals surface area (Å²) in [6, 6.07) is 16.4. The zero-order chi connectivity index (χ0) is 25.3. The second kappa shape index (κ2) is 12.1. The number of hydrazine groups is 1. The molecular weight excluding hydrogens is 444 g/mol. The lowest BCUT2D eigenvalue weighted by Gasteiger charge is -2.18. The van der Waals surface area contributed by atoms with Crippen LogP contribution in [0, 0.1) is 26.6 Å². The number of alkyl halides is 3. The average Bonchev–Trinajstić information content (AvgIpc) is 2.75. The number of hydrogen-bond acceptors (Lipinski definition) is 3. The highest BCUT2D eigenvalue weighted by atomic mass is 19.4. The molecule has 0 bridgehead atoms. The minimum absolute atomic E-state index is 0.234. The van der Waals surface area contributed by atoms with Gasteiger partial charge in [0.2, 0.25) is 0 Å². The molecule has 0 aromatic heterocycles. The second-order valence-electron chi connectivity index (χ2n) is 7.89. The lowest BCUT2D eigenvalue weighted by molar-refractivity contribution is -0.139.